The lowest BCUT2D eigenvalue weighted by molar-refractivity contribution is 0.483. The van der Waals surface area contributed by atoms with Crippen LogP contribution in [0.15, 0.2) is 24.3 Å². The second-order valence-corrected chi connectivity index (χ2v) is 7.51. The van der Waals surface area contributed by atoms with E-state index in [2.05, 4.69) is 11.8 Å². The minimum absolute atomic E-state index is 0.0904. The Bertz CT molecular complexity index is 605. The van der Waals surface area contributed by atoms with Crippen LogP contribution in [0.25, 0.3) is 0 Å². The van der Waals surface area contributed by atoms with E-state index < -0.39 is 9.84 Å². The Hall–Kier alpha value is -1.31. The summed E-state index contributed by atoms with van der Waals surface area (Å²) in [5.41, 5.74) is 6.94. The van der Waals surface area contributed by atoms with Gasteiger partial charge in [-0.15, -0.1) is 0 Å². The van der Waals surface area contributed by atoms with Gasteiger partial charge in [0.1, 0.15) is 0 Å². The Balaban J connectivity index is 2.20. The lowest BCUT2D eigenvalue weighted by Gasteiger charge is -2.22. The smallest absolute Gasteiger partial charge is 0.157 e. The van der Waals surface area contributed by atoms with E-state index in [9.17, 15) is 8.42 Å². The first-order chi connectivity index (χ1) is 9.63. The number of sulfone groups is 1. The average Bonchev–Trinajstić information content (AvgIpc) is 2.47. The van der Waals surface area contributed by atoms with Gasteiger partial charge in [-0.3, -0.25) is 0 Å². The molecule has 1 fully saturated rings. The SMILES string of the molecule is NCC#Cc1ccccc1CS(=O)(=O)C1CCCCC1. The molecule has 0 spiro atoms. The van der Waals surface area contributed by atoms with Gasteiger partial charge in [-0.1, -0.05) is 49.3 Å². The van der Waals surface area contributed by atoms with Crippen LogP contribution in [0.1, 0.15) is 43.2 Å². The molecular formula is C16H21NO2S. The standard InChI is InChI=1S/C16H21NO2S/c17-12-6-9-14-7-4-5-8-15(14)13-20(18,19)16-10-2-1-3-11-16/h4-5,7-8,16H,1-3,10-13,17H2. The van der Waals surface area contributed by atoms with Crippen molar-refractivity contribution in [2.24, 2.45) is 5.73 Å². The molecule has 2 N–H and O–H groups in total. The maximum atomic E-state index is 12.5. The van der Waals surface area contributed by atoms with Crippen LogP contribution >= 0.6 is 0 Å². The van der Waals surface area contributed by atoms with E-state index in [0.717, 1.165) is 43.2 Å². The highest BCUT2D eigenvalue weighted by Crippen LogP contribution is 2.26. The molecule has 4 heteroatoms. The van der Waals surface area contributed by atoms with Crippen LogP contribution in [0.2, 0.25) is 0 Å². The van der Waals surface area contributed by atoms with Gasteiger partial charge in [0.05, 0.1) is 17.5 Å². The molecule has 0 amide bonds. The topological polar surface area (TPSA) is 60.2 Å². The van der Waals surface area contributed by atoms with E-state index in [1.807, 2.05) is 24.3 Å². The molecule has 20 heavy (non-hydrogen) atoms. The summed E-state index contributed by atoms with van der Waals surface area (Å²) >= 11 is 0. The maximum Gasteiger partial charge on any atom is 0.157 e. The summed E-state index contributed by atoms with van der Waals surface area (Å²) in [6, 6.07) is 7.44. The van der Waals surface area contributed by atoms with Crippen LogP contribution in [0.5, 0.6) is 0 Å². The molecule has 1 saturated carbocycles. The third-order valence-electron chi connectivity index (χ3n) is 3.76. The Labute approximate surface area is 121 Å². The Morgan fingerprint density at radius 1 is 1.15 bits per heavy atom. The summed E-state index contributed by atoms with van der Waals surface area (Å²) in [7, 11) is -3.08. The fourth-order valence-electron chi connectivity index (χ4n) is 2.67. The summed E-state index contributed by atoms with van der Waals surface area (Å²) in [6.07, 6.45) is 4.82. The van der Waals surface area contributed by atoms with Crippen LogP contribution in [-0.2, 0) is 15.6 Å². The molecule has 0 saturated heterocycles. The zero-order valence-corrected chi connectivity index (χ0v) is 12.5. The summed E-state index contributed by atoms with van der Waals surface area (Å²) in [5.74, 6) is 5.84. The number of nitrogens with two attached hydrogens (primary N) is 1. The third kappa shape index (κ3) is 3.84. The van der Waals surface area contributed by atoms with Gasteiger partial charge in [0.2, 0.25) is 0 Å². The van der Waals surface area contributed by atoms with Crippen LogP contribution in [0.3, 0.4) is 0 Å². The highest BCUT2D eigenvalue weighted by atomic mass is 32.2. The predicted octanol–water partition coefficient (Wildman–Crippen LogP) is 2.24. The fraction of sp³-hybridized carbons (Fsp3) is 0.500. The van der Waals surface area contributed by atoms with E-state index in [0.29, 0.717) is 0 Å². The van der Waals surface area contributed by atoms with Gasteiger partial charge >= 0.3 is 0 Å². The first kappa shape index (κ1) is 15.1. The van der Waals surface area contributed by atoms with Crippen molar-refractivity contribution in [2.45, 2.75) is 43.1 Å². The largest absolute Gasteiger partial charge is 0.320 e. The van der Waals surface area contributed by atoms with Crippen molar-refractivity contribution in [2.75, 3.05) is 6.54 Å². The van der Waals surface area contributed by atoms with Crippen molar-refractivity contribution in [3.63, 3.8) is 0 Å². The molecule has 0 unspecified atom stereocenters. The summed E-state index contributed by atoms with van der Waals surface area (Å²) in [5, 5.41) is -0.174. The number of hydrogen-bond acceptors (Lipinski definition) is 3. The summed E-state index contributed by atoms with van der Waals surface area (Å²) in [6.45, 7) is 0.281. The molecule has 1 aromatic carbocycles. The highest BCUT2D eigenvalue weighted by Gasteiger charge is 2.27. The van der Waals surface area contributed by atoms with Crippen molar-refractivity contribution < 1.29 is 8.42 Å². The summed E-state index contributed by atoms with van der Waals surface area (Å²) < 4.78 is 25.0. The third-order valence-corrected chi connectivity index (χ3v) is 5.96. The lowest BCUT2D eigenvalue weighted by Crippen LogP contribution is -2.25. The van der Waals surface area contributed by atoms with Gasteiger partial charge in [-0.05, 0) is 24.5 Å². The van der Waals surface area contributed by atoms with E-state index in [-0.39, 0.29) is 17.5 Å². The Morgan fingerprint density at radius 2 is 1.85 bits per heavy atom. The van der Waals surface area contributed by atoms with Gasteiger partial charge in [-0.2, -0.15) is 0 Å². The van der Waals surface area contributed by atoms with E-state index in [1.165, 1.54) is 0 Å². The van der Waals surface area contributed by atoms with Crippen molar-refractivity contribution in [3.05, 3.63) is 35.4 Å². The molecule has 0 bridgehead atoms. The predicted molar refractivity (Wildman–Crippen MR) is 81.9 cm³/mol. The molecule has 0 radical (unpaired) electrons. The van der Waals surface area contributed by atoms with E-state index in [4.69, 9.17) is 5.73 Å². The van der Waals surface area contributed by atoms with Gasteiger partial charge in [0.15, 0.2) is 9.84 Å². The minimum atomic E-state index is -3.08. The number of hydrogen-bond donors (Lipinski definition) is 1. The molecule has 2 rings (SSSR count). The quantitative estimate of drug-likeness (QED) is 0.869. The molecule has 0 heterocycles. The zero-order chi connectivity index (χ0) is 14.4. The molecule has 0 atom stereocenters. The minimum Gasteiger partial charge on any atom is -0.320 e. The van der Waals surface area contributed by atoms with Crippen molar-refractivity contribution in [1.29, 1.82) is 0 Å². The van der Waals surface area contributed by atoms with Crippen molar-refractivity contribution in [1.82, 2.24) is 0 Å². The van der Waals surface area contributed by atoms with Crippen LogP contribution in [0.4, 0.5) is 0 Å². The summed E-state index contributed by atoms with van der Waals surface area (Å²) in [4.78, 5) is 0. The Kier molecular flexibility index (Phi) is 5.22. The second kappa shape index (κ2) is 6.92. The highest BCUT2D eigenvalue weighted by molar-refractivity contribution is 7.91. The molecule has 0 aliphatic heterocycles. The van der Waals surface area contributed by atoms with E-state index in [1.54, 1.807) is 0 Å². The Morgan fingerprint density at radius 3 is 2.55 bits per heavy atom. The van der Waals surface area contributed by atoms with Gasteiger partial charge in [0, 0.05) is 5.56 Å². The maximum absolute atomic E-state index is 12.5. The molecule has 108 valence electrons. The average molecular weight is 291 g/mol. The zero-order valence-electron chi connectivity index (χ0n) is 11.6. The number of rotatable bonds is 3. The molecule has 3 nitrogen and oxygen atoms in total. The first-order valence-corrected chi connectivity index (χ1v) is 8.83. The first-order valence-electron chi connectivity index (χ1n) is 7.12. The fourth-order valence-corrected chi connectivity index (χ4v) is 4.65. The van der Waals surface area contributed by atoms with E-state index >= 15 is 0 Å². The lowest BCUT2D eigenvalue weighted by atomic mass is 10.0. The monoisotopic (exact) mass is 291 g/mol. The second-order valence-electron chi connectivity index (χ2n) is 5.23. The normalized spacial score (nSPS) is 16.4. The molecule has 1 aromatic rings. The van der Waals surface area contributed by atoms with Crippen molar-refractivity contribution >= 4 is 9.84 Å². The molecular weight excluding hydrogens is 270 g/mol. The van der Waals surface area contributed by atoms with Crippen LogP contribution < -0.4 is 5.73 Å². The van der Waals surface area contributed by atoms with Crippen LogP contribution in [-0.4, -0.2) is 20.2 Å². The molecule has 1 aliphatic rings. The molecule has 0 aromatic heterocycles. The van der Waals surface area contributed by atoms with Crippen molar-refractivity contribution in [3.8, 4) is 11.8 Å². The van der Waals surface area contributed by atoms with Crippen LogP contribution in [0, 0.1) is 11.8 Å². The molecule has 1 aliphatic carbocycles. The van der Waals surface area contributed by atoms with Gasteiger partial charge in [0.25, 0.3) is 0 Å². The number of benzene rings is 1. The van der Waals surface area contributed by atoms with Gasteiger partial charge in [-0.25, -0.2) is 8.42 Å². The van der Waals surface area contributed by atoms with Gasteiger partial charge < -0.3 is 5.73 Å².